The molecule has 2 unspecified atom stereocenters. The number of rotatable bonds is 5. The number of aliphatic hydroxyl groups is 1. The van der Waals surface area contributed by atoms with E-state index >= 15 is 0 Å². The van der Waals surface area contributed by atoms with Gasteiger partial charge in [0.1, 0.15) is 0 Å². The lowest BCUT2D eigenvalue weighted by Crippen LogP contribution is -2.52. The van der Waals surface area contributed by atoms with Gasteiger partial charge in [-0.05, 0) is 110 Å². The first-order valence-electron chi connectivity index (χ1n) is 13.3. The molecule has 4 rings (SSSR count). The summed E-state index contributed by atoms with van der Waals surface area (Å²) in [6.07, 6.45) is 19.3. The molecule has 1 heteroatoms. The Bertz CT molecular complexity index is 674. The molecule has 1 N–H and O–H groups in total. The molecule has 0 amide bonds. The van der Waals surface area contributed by atoms with Crippen molar-refractivity contribution in [2.75, 3.05) is 0 Å². The zero-order chi connectivity index (χ0) is 21.7. The van der Waals surface area contributed by atoms with E-state index in [4.69, 9.17) is 0 Å². The minimum Gasteiger partial charge on any atom is -0.393 e. The molecule has 3 saturated carbocycles. The molecule has 9 atom stereocenters. The molecule has 30 heavy (non-hydrogen) atoms. The Balaban J connectivity index is 1.55. The van der Waals surface area contributed by atoms with E-state index in [9.17, 15) is 5.11 Å². The highest BCUT2D eigenvalue weighted by atomic mass is 16.3. The van der Waals surface area contributed by atoms with Crippen LogP contribution in [0.1, 0.15) is 99.3 Å². The van der Waals surface area contributed by atoms with Gasteiger partial charge in [0.15, 0.2) is 0 Å². The fraction of sp³-hybridized carbons (Fsp3) is 0.862. The number of hydrogen-bond acceptors (Lipinski definition) is 1. The van der Waals surface area contributed by atoms with Gasteiger partial charge >= 0.3 is 0 Å². The van der Waals surface area contributed by atoms with Crippen LogP contribution in [0.5, 0.6) is 0 Å². The summed E-state index contributed by atoms with van der Waals surface area (Å²) >= 11 is 0. The minimum atomic E-state index is -0.0409. The molecule has 0 aliphatic heterocycles. The summed E-state index contributed by atoms with van der Waals surface area (Å²) in [5, 5.41) is 10.3. The fourth-order valence-electron chi connectivity index (χ4n) is 8.90. The largest absolute Gasteiger partial charge is 0.393 e. The van der Waals surface area contributed by atoms with Gasteiger partial charge in [0.25, 0.3) is 0 Å². The van der Waals surface area contributed by atoms with Crippen LogP contribution in [-0.4, -0.2) is 11.2 Å². The van der Waals surface area contributed by atoms with E-state index in [1.165, 1.54) is 44.9 Å². The van der Waals surface area contributed by atoms with Crippen LogP contribution in [0, 0.1) is 52.3 Å². The zero-order valence-corrected chi connectivity index (χ0v) is 20.7. The molecule has 0 aromatic carbocycles. The molecule has 0 aromatic rings. The molecule has 0 saturated heterocycles. The van der Waals surface area contributed by atoms with E-state index < -0.39 is 0 Å². The van der Waals surface area contributed by atoms with Crippen LogP contribution in [0.2, 0.25) is 0 Å². The minimum absolute atomic E-state index is 0.0409. The van der Waals surface area contributed by atoms with E-state index in [1.807, 2.05) is 0 Å². The first kappa shape index (κ1) is 22.6. The van der Waals surface area contributed by atoms with Gasteiger partial charge in [-0.25, -0.2) is 0 Å². The molecule has 0 bridgehead atoms. The standard InChI is InChI=1S/C29H48O/c1-7-21(16-19(2)3)17-20(4)25-10-11-26-24-9-8-22-18-23(30)12-14-28(22,5)27(24)13-15-29(25,26)6/h13,15-16,19-20,22-27,30H,7-12,14,17-18H2,1-6H3/t20-,22?,23?,24+,25-,26+,27+,28+,29-/m1/s1. The van der Waals surface area contributed by atoms with Gasteiger partial charge in [0, 0.05) is 0 Å². The summed E-state index contributed by atoms with van der Waals surface area (Å²) in [6.45, 7) is 14.7. The van der Waals surface area contributed by atoms with Crippen molar-refractivity contribution in [1.82, 2.24) is 0 Å². The van der Waals surface area contributed by atoms with Crippen LogP contribution >= 0.6 is 0 Å². The fourth-order valence-corrected chi connectivity index (χ4v) is 8.90. The second-order valence-corrected chi connectivity index (χ2v) is 12.5. The summed E-state index contributed by atoms with van der Waals surface area (Å²) in [5.74, 6) is 5.53. The summed E-state index contributed by atoms with van der Waals surface area (Å²) in [4.78, 5) is 0. The van der Waals surface area contributed by atoms with E-state index in [1.54, 1.807) is 5.57 Å². The van der Waals surface area contributed by atoms with Crippen LogP contribution < -0.4 is 0 Å². The van der Waals surface area contributed by atoms with Crippen molar-refractivity contribution >= 4 is 0 Å². The van der Waals surface area contributed by atoms with Crippen molar-refractivity contribution in [3.8, 4) is 0 Å². The maximum absolute atomic E-state index is 10.3. The lowest BCUT2D eigenvalue weighted by molar-refractivity contribution is -0.0820. The molecule has 0 heterocycles. The van der Waals surface area contributed by atoms with Gasteiger partial charge in [0.2, 0.25) is 0 Å². The van der Waals surface area contributed by atoms with Gasteiger partial charge in [-0.2, -0.15) is 0 Å². The number of hydrogen-bond donors (Lipinski definition) is 1. The molecule has 170 valence electrons. The van der Waals surface area contributed by atoms with Gasteiger partial charge in [0.05, 0.1) is 6.10 Å². The van der Waals surface area contributed by atoms with Gasteiger partial charge in [-0.3, -0.25) is 0 Å². The van der Waals surface area contributed by atoms with Gasteiger partial charge < -0.3 is 5.11 Å². The molecule has 4 aliphatic carbocycles. The van der Waals surface area contributed by atoms with E-state index in [-0.39, 0.29) is 6.10 Å². The van der Waals surface area contributed by atoms with Crippen LogP contribution in [-0.2, 0) is 0 Å². The molecule has 4 aliphatic rings. The molecule has 3 fully saturated rings. The first-order chi connectivity index (χ1) is 14.2. The van der Waals surface area contributed by atoms with Crippen LogP contribution in [0.15, 0.2) is 23.8 Å². The zero-order valence-electron chi connectivity index (χ0n) is 20.7. The Morgan fingerprint density at radius 3 is 2.57 bits per heavy atom. The van der Waals surface area contributed by atoms with Crippen molar-refractivity contribution < 1.29 is 5.11 Å². The SMILES string of the molecule is CCC(=CC(C)C)C[C@@H](C)[C@H]1CC[C@H]2[C@@H]3CCC4CC(O)CC[C@]4(C)[C@H]3C=C[C@]12C. The monoisotopic (exact) mass is 412 g/mol. The lowest BCUT2D eigenvalue weighted by Gasteiger charge is -2.58. The normalized spacial score (nSPS) is 47.0. The van der Waals surface area contributed by atoms with E-state index in [0.29, 0.717) is 16.7 Å². The van der Waals surface area contributed by atoms with E-state index in [0.717, 1.165) is 48.3 Å². The van der Waals surface area contributed by atoms with Crippen LogP contribution in [0.25, 0.3) is 0 Å². The highest BCUT2D eigenvalue weighted by molar-refractivity contribution is 5.21. The van der Waals surface area contributed by atoms with Crippen LogP contribution in [0.3, 0.4) is 0 Å². The van der Waals surface area contributed by atoms with E-state index in [2.05, 4.69) is 59.8 Å². The topological polar surface area (TPSA) is 20.2 Å². The number of allylic oxidation sites excluding steroid dienone is 4. The molecule has 0 radical (unpaired) electrons. The Hall–Kier alpha value is -0.560. The summed E-state index contributed by atoms with van der Waals surface area (Å²) < 4.78 is 0. The predicted molar refractivity (Wildman–Crippen MR) is 128 cm³/mol. The Morgan fingerprint density at radius 1 is 1.10 bits per heavy atom. The van der Waals surface area contributed by atoms with Crippen LogP contribution in [0.4, 0.5) is 0 Å². The number of aliphatic hydroxyl groups excluding tert-OH is 1. The van der Waals surface area contributed by atoms with Gasteiger partial charge in [-0.1, -0.05) is 65.3 Å². The Labute approximate surface area is 186 Å². The molecule has 0 aromatic heterocycles. The van der Waals surface area contributed by atoms with Crippen molar-refractivity contribution in [1.29, 1.82) is 0 Å². The summed E-state index contributed by atoms with van der Waals surface area (Å²) in [6, 6.07) is 0. The highest BCUT2D eigenvalue weighted by Crippen LogP contribution is 2.66. The van der Waals surface area contributed by atoms with Crippen molar-refractivity contribution in [3.05, 3.63) is 23.8 Å². The lowest BCUT2D eigenvalue weighted by atomic mass is 9.46. The predicted octanol–water partition coefficient (Wildman–Crippen LogP) is 7.80. The summed E-state index contributed by atoms with van der Waals surface area (Å²) in [7, 11) is 0. The third-order valence-electron chi connectivity index (χ3n) is 10.4. The average Bonchev–Trinajstić information content (AvgIpc) is 3.05. The smallest absolute Gasteiger partial charge is 0.0543 e. The molecule has 0 spiro atoms. The van der Waals surface area contributed by atoms with Crippen molar-refractivity contribution in [3.63, 3.8) is 0 Å². The van der Waals surface area contributed by atoms with Crippen molar-refractivity contribution in [2.45, 2.75) is 105 Å². The van der Waals surface area contributed by atoms with Crippen molar-refractivity contribution in [2.24, 2.45) is 52.3 Å². The average molecular weight is 413 g/mol. The third-order valence-corrected chi connectivity index (χ3v) is 10.4. The molecule has 1 nitrogen and oxygen atoms in total. The number of fused-ring (bicyclic) bond motifs is 5. The highest BCUT2D eigenvalue weighted by Gasteiger charge is 2.58. The Kier molecular flexibility index (Phi) is 6.35. The second kappa shape index (κ2) is 8.42. The molecular weight excluding hydrogens is 364 g/mol. The Morgan fingerprint density at radius 2 is 1.87 bits per heavy atom. The first-order valence-corrected chi connectivity index (χ1v) is 13.3. The third kappa shape index (κ3) is 3.76. The quantitative estimate of drug-likeness (QED) is 0.457. The second-order valence-electron chi connectivity index (χ2n) is 12.5. The maximum Gasteiger partial charge on any atom is 0.0543 e. The molecular formula is C29H48O. The summed E-state index contributed by atoms with van der Waals surface area (Å²) in [5.41, 5.74) is 2.50. The maximum atomic E-state index is 10.3. The van der Waals surface area contributed by atoms with Gasteiger partial charge in [-0.15, -0.1) is 0 Å².